The summed E-state index contributed by atoms with van der Waals surface area (Å²) in [5, 5.41) is 32.5. The van der Waals surface area contributed by atoms with Crippen molar-refractivity contribution in [2.75, 3.05) is 32.7 Å². The number of nitrogens with zero attached hydrogens (tertiary/aromatic N) is 2. The predicted molar refractivity (Wildman–Crippen MR) is 232 cm³/mol. The maximum absolute atomic E-state index is 13.8. The Labute approximate surface area is 368 Å². The first-order valence-electron chi connectivity index (χ1n) is 21.1. The number of rotatable bonds is 19. The van der Waals surface area contributed by atoms with Crippen molar-refractivity contribution < 1.29 is 48.6 Å². The monoisotopic (exact) mass is 879 g/mol. The number of hydrogen-bond donors (Lipinski definition) is 9. The van der Waals surface area contributed by atoms with Crippen molar-refractivity contribution >= 4 is 58.2 Å². The van der Waals surface area contributed by atoms with Crippen molar-refractivity contribution in [2.45, 2.75) is 75.2 Å². The Morgan fingerprint density at radius 2 is 1.16 bits per heavy atom. The fraction of sp³-hybridized carbons (Fsp3) is 0.378. The number of aromatic nitrogens is 1. The molecule has 6 rings (SSSR count). The van der Waals surface area contributed by atoms with Gasteiger partial charge in [-0.25, -0.2) is 0 Å². The lowest BCUT2D eigenvalue weighted by molar-refractivity contribution is -0.141. The fourth-order valence-electron chi connectivity index (χ4n) is 8.05. The molecule has 0 spiro atoms. The molecule has 7 amide bonds. The fourth-order valence-corrected chi connectivity index (χ4v) is 8.05. The van der Waals surface area contributed by atoms with Crippen LogP contribution in [0.25, 0.3) is 10.9 Å². The van der Waals surface area contributed by atoms with E-state index in [4.69, 9.17) is 10.8 Å². The minimum Gasteiger partial charge on any atom is -0.508 e. The highest BCUT2D eigenvalue weighted by atomic mass is 16.4. The molecule has 10 N–H and O–H groups in total. The van der Waals surface area contributed by atoms with E-state index in [-0.39, 0.29) is 44.5 Å². The largest absolute Gasteiger partial charge is 0.508 e. The molecule has 1 aromatic heterocycles. The number of amides is 7. The van der Waals surface area contributed by atoms with Gasteiger partial charge in [0.1, 0.15) is 36.5 Å². The van der Waals surface area contributed by atoms with E-state index in [1.54, 1.807) is 48.7 Å². The van der Waals surface area contributed by atoms with Crippen LogP contribution in [-0.2, 0) is 57.6 Å². The van der Waals surface area contributed by atoms with E-state index in [1.807, 2.05) is 24.3 Å². The number of aliphatic carboxylic acids is 1. The van der Waals surface area contributed by atoms with Crippen LogP contribution in [0.2, 0.25) is 0 Å². The molecule has 64 heavy (non-hydrogen) atoms. The molecule has 3 aromatic carbocycles. The van der Waals surface area contributed by atoms with Crippen molar-refractivity contribution in [1.29, 1.82) is 0 Å². The third kappa shape index (κ3) is 12.2. The van der Waals surface area contributed by atoms with E-state index in [9.17, 15) is 43.5 Å². The van der Waals surface area contributed by atoms with Gasteiger partial charge in [-0.05, 0) is 67.0 Å². The maximum atomic E-state index is 13.8. The number of carboxylic acids is 1. The normalized spacial score (nSPS) is 17.2. The highest BCUT2D eigenvalue weighted by Crippen LogP contribution is 2.22. The predicted octanol–water partition coefficient (Wildman–Crippen LogP) is -0.386. The summed E-state index contributed by atoms with van der Waals surface area (Å²) in [6.07, 6.45) is 3.53. The van der Waals surface area contributed by atoms with Crippen LogP contribution >= 0.6 is 0 Å². The smallest absolute Gasteiger partial charge is 0.322 e. The van der Waals surface area contributed by atoms with Crippen molar-refractivity contribution in [3.05, 3.63) is 102 Å². The molecule has 2 aliphatic heterocycles. The number of fused-ring (bicyclic) bond motifs is 1. The van der Waals surface area contributed by atoms with Gasteiger partial charge in [0.2, 0.25) is 41.4 Å². The molecule has 19 heteroatoms. The first-order chi connectivity index (χ1) is 30.8. The minimum absolute atomic E-state index is 0.0352. The van der Waals surface area contributed by atoms with E-state index < -0.39 is 97.2 Å². The van der Waals surface area contributed by atoms with Crippen LogP contribution in [0.3, 0.4) is 0 Å². The second-order valence-corrected chi connectivity index (χ2v) is 15.9. The van der Waals surface area contributed by atoms with Gasteiger partial charge in [0.15, 0.2) is 0 Å². The van der Waals surface area contributed by atoms with Crippen molar-refractivity contribution in [1.82, 2.24) is 41.4 Å². The topological polar surface area (TPSA) is 285 Å². The van der Waals surface area contributed by atoms with E-state index in [2.05, 4.69) is 31.6 Å². The third-order valence-corrected chi connectivity index (χ3v) is 11.4. The SMILES string of the molecule is N[C@@H](Cc1ccc(O)cc1)C(=O)NCC(=O)N1CCC[C@H]1C(=O)N[C@@H](Cc1ccccc1)C(=O)NCC(=O)N1CCC[C@H]1C(=O)N[C@@H](Cc1c[nH]c2ccccc12)C(=O)NCC(=O)O. The third-order valence-electron chi connectivity index (χ3n) is 11.4. The number of carbonyl (C=O) groups is 8. The van der Waals surface area contributed by atoms with Gasteiger partial charge in [0, 0.05) is 43.0 Å². The summed E-state index contributed by atoms with van der Waals surface area (Å²) in [6, 6.07) is 17.3. The lowest BCUT2D eigenvalue weighted by atomic mass is 10.0. The molecule has 0 radical (unpaired) electrons. The van der Waals surface area contributed by atoms with Gasteiger partial charge in [0.05, 0.1) is 19.1 Å². The van der Waals surface area contributed by atoms with Gasteiger partial charge in [0.25, 0.3) is 0 Å². The number of aromatic amines is 1. The van der Waals surface area contributed by atoms with Crippen LogP contribution in [0, 0.1) is 0 Å². The summed E-state index contributed by atoms with van der Waals surface area (Å²) in [6.45, 7) is -1.12. The zero-order valence-electron chi connectivity index (χ0n) is 35.1. The first-order valence-corrected chi connectivity index (χ1v) is 21.1. The summed E-state index contributed by atoms with van der Waals surface area (Å²) in [7, 11) is 0. The molecule has 0 unspecified atom stereocenters. The first kappa shape index (κ1) is 46.2. The second-order valence-electron chi connectivity index (χ2n) is 15.9. The molecular weight excluding hydrogens is 827 g/mol. The molecule has 3 heterocycles. The van der Waals surface area contributed by atoms with Crippen LogP contribution in [0.1, 0.15) is 42.4 Å². The summed E-state index contributed by atoms with van der Waals surface area (Å²) in [5.41, 5.74) is 9.01. The van der Waals surface area contributed by atoms with Gasteiger partial charge >= 0.3 is 5.97 Å². The molecular formula is C45H53N9O10. The number of nitrogens with two attached hydrogens (primary N) is 1. The van der Waals surface area contributed by atoms with Crippen molar-refractivity contribution in [2.24, 2.45) is 5.73 Å². The summed E-state index contributed by atoms with van der Waals surface area (Å²) < 4.78 is 0. The lowest BCUT2D eigenvalue weighted by Crippen LogP contribution is -2.57. The number of likely N-dealkylation sites (tertiary alicyclic amines) is 2. The number of hydrogen-bond acceptors (Lipinski definition) is 10. The standard InChI is InChI=1S/C45H53N9O10/c46-32(20-28-14-16-30(55)17-15-28)41(60)48-24-38(56)53-18-6-12-36(53)44(63)51-34(21-27-8-2-1-3-9-27)42(61)49-25-39(57)54-19-7-13-37(54)45(64)52-35(43(62)50-26-40(58)59)22-29-23-47-33-11-5-4-10-31(29)33/h1-5,8-11,14-17,23,32,34-37,47,55H,6-7,12-13,18-22,24-26,46H2,(H,48,60)(H,49,61)(H,50,62)(H,51,63)(H,52,64)(H,58,59)/t32-,34-,35-,36-,37-/m0/s1. The highest BCUT2D eigenvalue weighted by Gasteiger charge is 2.38. The second kappa shape index (κ2) is 21.7. The Bertz CT molecular complexity index is 2340. The van der Waals surface area contributed by atoms with Gasteiger partial charge < -0.3 is 57.3 Å². The van der Waals surface area contributed by atoms with Gasteiger partial charge in [-0.3, -0.25) is 38.4 Å². The van der Waals surface area contributed by atoms with E-state index in [0.717, 1.165) is 16.5 Å². The quantitative estimate of drug-likeness (QED) is 0.0585. The molecule has 4 aromatic rings. The molecule has 2 fully saturated rings. The molecule has 2 saturated heterocycles. The van der Waals surface area contributed by atoms with Crippen LogP contribution in [0.4, 0.5) is 0 Å². The van der Waals surface area contributed by atoms with Gasteiger partial charge in [-0.1, -0.05) is 60.7 Å². The van der Waals surface area contributed by atoms with Crippen LogP contribution in [0.5, 0.6) is 5.75 Å². The number of phenolic OH excluding ortho intramolecular Hbond substituents is 1. The minimum atomic E-state index is -1.26. The van der Waals surface area contributed by atoms with Crippen molar-refractivity contribution in [3.8, 4) is 5.75 Å². The lowest BCUT2D eigenvalue weighted by Gasteiger charge is -2.28. The maximum Gasteiger partial charge on any atom is 0.322 e. The summed E-state index contributed by atoms with van der Waals surface area (Å²) >= 11 is 0. The molecule has 2 aliphatic rings. The van der Waals surface area contributed by atoms with E-state index >= 15 is 0 Å². The van der Waals surface area contributed by atoms with Crippen molar-refractivity contribution in [3.63, 3.8) is 0 Å². The number of nitrogens with one attached hydrogen (secondary N) is 6. The highest BCUT2D eigenvalue weighted by molar-refractivity contribution is 5.97. The number of carbonyl (C=O) groups excluding carboxylic acids is 7. The average Bonchev–Trinajstić information content (AvgIpc) is 4.08. The number of para-hydroxylation sites is 1. The summed E-state index contributed by atoms with van der Waals surface area (Å²) in [5.74, 6) is -5.43. The number of aromatic hydroxyl groups is 1. The van der Waals surface area contributed by atoms with Crippen LogP contribution in [0.15, 0.2) is 85.1 Å². The molecule has 338 valence electrons. The average molecular weight is 880 g/mol. The van der Waals surface area contributed by atoms with Crippen LogP contribution < -0.4 is 32.3 Å². The zero-order valence-corrected chi connectivity index (χ0v) is 35.1. The number of H-pyrrole nitrogens is 1. The number of benzene rings is 3. The Hall–Kier alpha value is -7.28. The summed E-state index contributed by atoms with van der Waals surface area (Å²) in [4.78, 5) is 111. The van der Waals surface area contributed by atoms with E-state index in [1.165, 1.54) is 21.9 Å². The van der Waals surface area contributed by atoms with Gasteiger partial charge in [-0.15, -0.1) is 0 Å². The van der Waals surface area contributed by atoms with Gasteiger partial charge in [-0.2, -0.15) is 0 Å². The zero-order chi connectivity index (χ0) is 45.8. The number of phenols is 1. The molecule has 19 nitrogen and oxygen atoms in total. The van der Waals surface area contributed by atoms with Crippen LogP contribution in [-0.4, -0.2) is 135 Å². The number of carboxylic acid groups (broad SMARTS) is 1. The molecule has 0 bridgehead atoms. The molecule has 5 atom stereocenters. The molecule has 0 aliphatic carbocycles. The molecule has 0 saturated carbocycles. The Morgan fingerprint density at radius 1 is 0.641 bits per heavy atom. The Balaban J connectivity index is 1.05. The Kier molecular flexibility index (Phi) is 15.7. The Morgan fingerprint density at radius 3 is 1.75 bits per heavy atom. The van der Waals surface area contributed by atoms with E-state index in [0.29, 0.717) is 30.4 Å².